The van der Waals surface area contributed by atoms with Gasteiger partial charge in [-0.05, 0) is 36.8 Å². The smallest absolute Gasteiger partial charge is 0.240 e. The van der Waals surface area contributed by atoms with Gasteiger partial charge in [-0.2, -0.15) is 0 Å². The molecule has 1 saturated carbocycles. The van der Waals surface area contributed by atoms with Crippen LogP contribution in [0.4, 0.5) is 5.69 Å². The van der Waals surface area contributed by atoms with E-state index in [1.54, 1.807) is 6.07 Å². The van der Waals surface area contributed by atoms with E-state index in [1.165, 1.54) is 32.1 Å². The van der Waals surface area contributed by atoms with Gasteiger partial charge in [-0.3, -0.25) is 0 Å². The fraction of sp³-hybridized carbons (Fsp3) is 0.600. The number of nitrogen functional groups attached to an aromatic ring is 1. The molecule has 2 atom stereocenters. The number of anilines is 1. The highest BCUT2D eigenvalue weighted by atomic mass is 32.2. The number of hydrogen-bond acceptors (Lipinski definition) is 4. The molecule has 0 heterocycles. The van der Waals surface area contributed by atoms with Gasteiger partial charge in [-0.25, -0.2) is 13.1 Å². The average molecular weight is 312 g/mol. The topological polar surface area (TPSA) is 81.4 Å². The third kappa shape index (κ3) is 4.11. The Labute approximate surface area is 126 Å². The number of rotatable bonds is 5. The fourth-order valence-electron chi connectivity index (χ4n) is 2.91. The molecule has 0 aliphatic heterocycles. The van der Waals surface area contributed by atoms with E-state index in [4.69, 9.17) is 10.5 Å². The Morgan fingerprint density at radius 1 is 1.38 bits per heavy atom. The van der Waals surface area contributed by atoms with Crippen LogP contribution in [0, 0.1) is 11.8 Å². The first-order valence-corrected chi connectivity index (χ1v) is 8.84. The van der Waals surface area contributed by atoms with Gasteiger partial charge in [0.2, 0.25) is 10.0 Å². The monoisotopic (exact) mass is 312 g/mol. The van der Waals surface area contributed by atoms with Crippen LogP contribution in [0.15, 0.2) is 23.1 Å². The second kappa shape index (κ2) is 6.66. The molecule has 3 N–H and O–H groups in total. The number of nitrogens with one attached hydrogen (secondary N) is 1. The molecule has 1 aliphatic rings. The molecule has 0 aromatic heterocycles. The molecule has 2 rings (SSSR count). The molecule has 0 radical (unpaired) electrons. The van der Waals surface area contributed by atoms with Crippen LogP contribution in [-0.4, -0.2) is 22.1 Å². The van der Waals surface area contributed by atoms with E-state index in [9.17, 15) is 8.42 Å². The highest BCUT2D eigenvalue weighted by Crippen LogP contribution is 2.29. The highest BCUT2D eigenvalue weighted by molar-refractivity contribution is 7.89. The summed E-state index contributed by atoms with van der Waals surface area (Å²) in [6.07, 6.45) is 4.62. The van der Waals surface area contributed by atoms with Gasteiger partial charge >= 0.3 is 0 Å². The summed E-state index contributed by atoms with van der Waals surface area (Å²) in [5.74, 6) is 1.49. The molecule has 2 unspecified atom stereocenters. The van der Waals surface area contributed by atoms with Gasteiger partial charge in [-0.1, -0.05) is 19.8 Å². The highest BCUT2D eigenvalue weighted by Gasteiger charge is 2.22. The number of sulfonamides is 1. The third-order valence-electron chi connectivity index (χ3n) is 4.12. The van der Waals surface area contributed by atoms with E-state index in [-0.39, 0.29) is 4.90 Å². The van der Waals surface area contributed by atoms with Crippen molar-refractivity contribution in [2.75, 3.05) is 19.4 Å². The van der Waals surface area contributed by atoms with Crippen LogP contribution in [0.3, 0.4) is 0 Å². The van der Waals surface area contributed by atoms with Crippen molar-refractivity contribution in [3.8, 4) is 5.75 Å². The summed E-state index contributed by atoms with van der Waals surface area (Å²) in [5, 5.41) is 0. The molecule has 1 aromatic carbocycles. The Kier molecular flexibility index (Phi) is 5.11. The van der Waals surface area contributed by atoms with Crippen LogP contribution >= 0.6 is 0 Å². The van der Waals surface area contributed by atoms with Crippen molar-refractivity contribution in [3.63, 3.8) is 0 Å². The largest absolute Gasteiger partial charge is 0.495 e. The molecule has 21 heavy (non-hydrogen) atoms. The fourth-order valence-corrected chi connectivity index (χ4v) is 4.05. The Morgan fingerprint density at radius 2 is 2.14 bits per heavy atom. The quantitative estimate of drug-likeness (QED) is 0.818. The SMILES string of the molecule is COc1cc(S(=O)(=O)NCC2CCCC(C)C2)ccc1N. The lowest BCUT2D eigenvalue weighted by Crippen LogP contribution is -2.31. The Balaban J connectivity index is 2.04. The van der Waals surface area contributed by atoms with E-state index < -0.39 is 10.0 Å². The minimum Gasteiger partial charge on any atom is -0.495 e. The first-order valence-electron chi connectivity index (χ1n) is 7.35. The predicted octanol–water partition coefficient (Wildman–Crippen LogP) is 2.38. The summed E-state index contributed by atoms with van der Waals surface area (Å²) in [6.45, 7) is 2.73. The summed E-state index contributed by atoms with van der Waals surface area (Å²) in [6, 6.07) is 4.51. The second-order valence-corrected chi connectivity index (χ2v) is 7.66. The van der Waals surface area contributed by atoms with Crippen molar-refractivity contribution in [1.82, 2.24) is 4.72 Å². The average Bonchev–Trinajstić information content (AvgIpc) is 2.46. The lowest BCUT2D eigenvalue weighted by atomic mass is 9.83. The van der Waals surface area contributed by atoms with Crippen molar-refractivity contribution in [3.05, 3.63) is 18.2 Å². The summed E-state index contributed by atoms with van der Waals surface area (Å²) in [4.78, 5) is 0.192. The van der Waals surface area contributed by atoms with Crippen LogP contribution in [0.1, 0.15) is 32.6 Å². The van der Waals surface area contributed by atoms with E-state index in [2.05, 4.69) is 11.6 Å². The third-order valence-corrected chi connectivity index (χ3v) is 5.54. The van der Waals surface area contributed by atoms with E-state index in [1.807, 2.05) is 0 Å². The van der Waals surface area contributed by atoms with Crippen LogP contribution in [0.2, 0.25) is 0 Å². The Bertz CT molecular complexity index is 587. The molecular weight excluding hydrogens is 288 g/mol. The maximum Gasteiger partial charge on any atom is 0.240 e. The van der Waals surface area contributed by atoms with Crippen molar-refractivity contribution in [2.24, 2.45) is 11.8 Å². The Morgan fingerprint density at radius 3 is 2.81 bits per heavy atom. The molecule has 0 amide bonds. The molecule has 118 valence electrons. The minimum atomic E-state index is -3.51. The van der Waals surface area contributed by atoms with Crippen molar-refractivity contribution in [2.45, 2.75) is 37.5 Å². The molecule has 1 fully saturated rings. The van der Waals surface area contributed by atoms with Gasteiger partial charge < -0.3 is 10.5 Å². The lowest BCUT2D eigenvalue weighted by Gasteiger charge is -2.26. The van der Waals surface area contributed by atoms with Crippen LogP contribution in [0.5, 0.6) is 5.75 Å². The first-order chi connectivity index (χ1) is 9.92. The molecule has 5 nitrogen and oxygen atoms in total. The molecule has 0 spiro atoms. The summed E-state index contributed by atoms with van der Waals surface area (Å²) in [7, 11) is -2.04. The van der Waals surface area contributed by atoms with Crippen LogP contribution in [-0.2, 0) is 10.0 Å². The summed E-state index contributed by atoms with van der Waals surface area (Å²) in [5.41, 5.74) is 6.14. The maximum absolute atomic E-state index is 12.3. The number of methoxy groups -OCH3 is 1. The van der Waals surface area contributed by atoms with Crippen LogP contribution in [0.25, 0.3) is 0 Å². The summed E-state index contributed by atoms with van der Waals surface area (Å²) < 4.78 is 32.4. The molecule has 1 aliphatic carbocycles. The zero-order valence-electron chi connectivity index (χ0n) is 12.6. The molecular formula is C15H24N2O3S. The standard InChI is InChI=1S/C15H24N2O3S/c1-11-4-3-5-12(8-11)10-17-21(18,19)13-6-7-14(16)15(9-13)20-2/h6-7,9,11-12,17H,3-5,8,10,16H2,1-2H3. The van der Waals surface area contributed by atoms with Gasteiger partial charge in [0, 0.05) is 12.6 Å². The number of ether oxygens (including phenoxy) is 1. The van der Waals surface area contributed by atoms with Crippen LogP contribution < -0.4 is 15.2 Å². The maximum atomic E-state index is 12.3. The zero-order chi connectivity index (χ0) is 15.5. The van der Waals surface area contributed by atoms with Gasteiger partial charge in [-0.15, -0.1) is 0 Å². The second-order valence-electron chi connectivity index (χ2n) is 5.89. The Hall–Kier alpha value is -1.27. The number of nitrogens with two attached hydrogens (primary N) is 1. The van der Waals surface area contributed by atoms with Crippen molar-refractivity contribution >= 4 is 15.7 Å². The van der Waals surface area contributed by atoms with E-state index in [0.717, 1.165) is 12.8 Å². The molecule has 0 bridgehead atoms. The first kappa shape index (κ1) is 16.1. The summed E-state index contributed by atoms with van der Waals surface area (Å²) >= 11 is 0. The number of benzene rings is 1. The lowest BCUT2D eigenvalue weighted by molar-refractivity contribution is 0.283. The molecule has 6 heteroatoms. The van der Waals surface area contributed by atoms with Gasteiger partial charge in [0.05, 0.1) is 17.7 Å². The van der Waals surface area contributed by atoms with E-state index >= 15 is 0 Å². The van der Waals surface area contributed by atoms with Crippen molar-refractivity contribution in [1.29, 1.82) is 0 Å². The predicted molar refractivity (Wildman–Crippen MR) is 83.7 cm³/mol. The van der Waals surface area contributed by atoms with Gasteiger partial charge in [0.1, 0.15) is 5.75 Å². The van der Waals surface area contributed by atoms with Gasteiger partial charge in [0.15, 0.2) is 0 Å². The minimum absolute atomic E-state index is 0.192. The molecule has 1 aromatic rings. The normalized spacial score (nSPS) is 23.0. The van der Waals surface area contributed by atoms with E-state index in [0.29, 0.717) is 29.8 Å². The zero-order valence-corrected chi connectivity index (χ0v) is 13.4. The number of hydrogen-bond donors (Lipinski definition) is 2. The van der Waals surface area contributed by atoms with Crippen molar-refractivity contribution < 1.29 is 13.2 Å². The van der Waals surface area contributed by atoms with Gasteiger partial charge in [0.25, 0.3) is 0 Å². The molecule has 0 saturated heterocycles.